The Morgan fingerprint density at radius 3 is 2.68 bits per heavy atom. The zero-order valence-electron chi connectivity index (χ0n) is 12.9. The van der Waals surface area contributed by atoms with Gasteiger partial charge in [0.25, 0.3) is 0 Å². The van der Waals surface area contributed by atoms with Gasteiger partial charge in [0.1, 0.15) is 11.4 Å². The molecule has 2 atom stereocenters. The monoisotopic (exact) mass is 261 g/mol. The first kappa shape index (κ1) is 14.4. The second-order valence-corrected chi connectivity index (χ2v) is 6.33. The molecule has 1 N–H and O–H groups in total. The van der Waals surface area contributed by atoms with E-state index in [2.05, 4.69) is 58.1 Å². The minimum atomic E-state index is -0.0506. The van der Waals surface area contributed by atoms with E-state index in [4.69, 9.17) is 4.74 Å². The lowest BCUT2D eigenvalue weighted by Gasteiger charge is -2.24. The number of fused-ring (bicyclic) bond motifs is 1. The maximum Gasteiger partial charge on any atom is 0.123 e. The second kappa shape index (κ2) is 5.54. The van der Waals surface area contributed by atoms with Gasteiger partial charge >= 0.3 is 0 Å². The van der Waals surface area contributed by atoms with Gasteiger partial charge in [0.05, 0.1) is 0 Å². The normalized spacial score (nSPS) is 19.6. The lowest BCUT2D eigenvalue weighted by molar-refractivity contribution is 0.138. The number of hydrogen-bond acceptors (Lipinski definition) is 2. The van der Waals surface area contributed by atoms with Crippen molar-refractivity contribution in [2.75, 3.05) is 6.54 Å². The molecule has 2 heteroatoms. The molecular weight excluding hydrogens is 234 g/mol. The molecule has 1 heterocycles. The molecule has 0 aliphatic carbocycles. The van der Waals surface area contributed by atoms with Crippen molar-refractivity contribution in [1.29, 1.82) is 0 Å². The van der Waals surface area contributed by atoms with Gasteiger partial charge in [-0.2, -0.15) is 0 Å². The van der Waals surface area contributed by atoms with Gasteiger partial charge in [-0.05, 0) is 43.5 Å². The lowest BCUT2D eigenvalue weighted by Crippen LogP contribution is -2.26. The van der Waals surface area contributed by atoms with Crippen molar-refractivity contribution in [1.82, 2.24) is 5.32 Å². The largest absolute Gasteiger partial charge is 0.487 e. The zero-order valence-corrected chi connectivity index (χ0v) is 12.9. The molecule has 0 saturated heterocycles. The van der Waals surface area contributed by atoms with E-state index in [1.807, 2.05) is 0 Å². The summed E-state index contributed by atoms with van der Waals surface area (Å²) in [5.41, 5.74) is 2.70. The van der Waals surface area contributed by atoms with Crippen LogP contribution in [0, 0.1) is 5.92 Å². The molecule has 0 fully saturated rings. The van der Waals surface area contributed by atoms with E-state index < -0.39 is 0 Å². The molecule has 2 nitrogen and oxygen atoms in total. The fourth-order valence-electron chi connectivity index (χ4n) is 2.93. The summed E-state index contributed by atoms with van der Waals surface area (Å²) < 4.78 is 5.96. The standard InChI is InChI=1S/C17H27NO/c1-6-12(3)16(18-7-2)13-8-9-15-14(10-13)11-17(4,5)19-15/h8-10,12,16,18H,6-7,11H2,1-5H3. The van der Waals surface area contributed by atoms with E-state index in [1.165, 1.54) is 17.5 Å². The molecule has 0 radical (unpaired) electrons. The summed E-state index contributed by atoms with van der Waals surface area (Å²) in [5.74, 6) is 1.71. The quantitative estimate of drug-likeness (QED) is 0.861. The van der Waals surface area contributed by atoms with Gasteiger partial charge in [0.2, 0.25) is 0 Å². The summed E-state index contributed by atoms with van der Waals surface area (Å²) in [4.78, 5) is 0. The van der Waals surface area contributed by atoms with Crippen LogP contribution < -0.4 is 10.1 Å². The zero-order chi connectivity index (χ0) is 14.0. The highest BCUT2D eigenvalue weighted by Gasteiger charge is 2.30. The molecule has 1 aromatic rings. The van der Waals surface area contributed by atoms with Gasteiger partial charge in [0, 0.05) is 12.5 Å². The van der Waals surface area contributed by atoms with E-state index in [0.717, 1.165) is 18.7 Å². The number of ether oxygens (including phenoxy) is 1. The molecule has 1 aliphatic heterocycles. The summed E-state index contributed by atoms with van der Waals surface area (Å²) in [7, 11) is 0. The highest BCUT2D eigenvalue weighted by molar-refractivity contribution is 5.42. The fourth-order valence-corrected chi connectivity index (χ4v) is 2.93. The van der Waals surface area contributed by atoms with Crippen LogP contribution in [0.4, 0.5) is 0 Å². The summed E-state index contributed by atoms with van der Waals surface area (Å²) in [5, 5.41) is 3.62. The number of nitrogens with one attached hydrogen (secondary N) is 1. The van der Waals surface area contributed by atoms with Crippen molar-refractivity contribution in [2.24, 2.45) is 5.92 Å². The Labute approximate surface area is 117 Å². The summed E-state index contributed by atoms with van der Waals surface area (Å²) in [6.45, 7) is 12.1. The molecule has 2 rings (SSSR count). The third-order valence-corrected chi connectivity index (χ3v) is 4.08. The van der Waals surface area contributed by atoms with Crippen LogP contribution >= 0.6 is 0 Å². The van der Waals surface area contributed by atoms with E-state index in [0.29, 0.717) is 12.0 Å². The van der Waals surface area contributed by atoms with Crippen LogP contribution in [-0.2, 0) is 6.42 Å². The Morgan fingerprint density at radius 1 is 1.32 bits per heavy atom. The third kappa shape index (κ3) is 3.11. The smallest absolute Gasteiger partial charge is 0.123 e. The topological polar surface area (TPSA) is 21.3 Å². The van der Waals surface area contributed by atoms with Crippen molar-refractivity contribution in [2.45, 2.75) is 59.1 Å². The maximum absolute atomic E-state index is 5.96. The lowest BCUT2D eigenvalue weighted by atomic mass is 9.90. The molecule has 19 heavy (non-hydrogen) atoms. The molecule has 0 amide bonds. The molecule has 0 bridgehead atoms. The van der Waals surface area contributed by atoms with Gasteiger partial charge in [-0.15, -0.1) is 0 Å². The molecule has 1 aromatic carbocycles. The predicted octanol–water partition coefficient (Wildman–Crippen LogP) is 4.10. The highest BCUT2D eigenvalue weighted by atomic mass is 16.5. The highest BCUT2D eigenvalue weighted by Crippen LogP contribution is 2.37. The Hall–Kier alpha value is -1.02. The molecular formula is C17H27NO. The molecule has 106 valence electrons. The van der Waals surface area contributed by atoms with Gasteiger partial charge in [-0.25, -0.2) is 0 Å². The van der Waals surface area contributed by atoms with Crippen LogP contribution in [0.25, 0.3) is 0 Å². The van der Waals surface area contributed by atoms with E-state index in [9.17, 15) is 0 Å². The maximum atomic E-state index is 5.96. The average molecular weight is 261 g/mol. The Morgan fingerprint density at radius 2 is 2.05 bits per heavy atom. The first-order valence-electron chi connectivity index (χ1n) is 7.52. The molecule has 2 unspecified atom stereocenters. The van der Waals surface area contributed by atoms with Gasteiger partial charge in [0.15, 0.2) is 0 Å². The molecule has 1 aliphatic rings. The Kier molecular flexibility index (Phi) is 4.19. The predicted molar refractivity (Wildman–Crippen MR) is 80.7 cm³/mol. The third-order valence-electron chi connectivity index (χ3n) is 4.08. The number of benzene rings is 1. The van der Waals surface area contributed by atoms with Crippen LogP contribution in [0.1, 0.15) is 58.2 Å². The summed E-state index contributed by atoms with van der Waals surface area (Å²) in [6, 6.07) is 7.15. The first-order valence-corrected chi connectivity index (χ1v) is 7.52. The minimum absolute atomic E-state index is 0.0506. The van der Waals surface area contributed by atoms with Gasteiger partial charge < -0.3 is 10.1 Å². The van der Waals surface area contributed by atoms with Crippen molar-refractivity contribution in [3.63, 3.8) is 0 Å². The fraction of sp³-hybridized carbons (Fsp3) is 0.647. The van der Waals surface area contributed by atoms with Crippen molar-refractivity contribution >= 4 is 0 Å². The average Bonchev–Trinajstić information content (AvgIpc) is 2.67. The Balaban J connectivity index is 2.26. The molecule has 0 saturated carbocycles. The molecule has 0 spiro atoms. The van der Waals surface area contributed by atoms with Crippen molar-refractivity contribution in [3.05, 3.63) is 29.3 Å². The van der Waals surface area contributed by atoms with Gasteiger partial charge in [-0.3, -0.25) is 0 Å². The van der Waals surface area contributed by atoms with Gasteiger partial charge in [-0.1, -0.05) is 39.3 Å². The minimum Gasteiger partial charge on any atom is -0.487 e. The van der Waals surface area contributed by atoms with Crippen LogP contribution in [0.2, 0.25) is 0 Å². The van der Waals surface area contributed by atoms with Crippen molar-refractivity contribution < 1.29 is 4.74 Å². The summed E-state index contributed by atoms with van der Waals surface area (Å²) in [6.07, 6.45) is 2.20. The Bertz CT molecular complexity index is 439. The number of hydrogen-bond donors (Lipinski definition) is 1. The second-order valence-electron chi connectivity index (χ2n) is 6.33. The first-order chi connectivity index (χ1) is 8.96. The van der Waals surface area contributed by atoms with Crippen molar-refractivity contribution in [3.8, 4) is 5.75 Å². The SMILES string of the molecule is CCNC(c1ccc2c(c1)CC(C)(C)O2)C(C)CC. The van der Waals surface area contributed by atoms with E-state index in [1.54, 1.807) is 0 Å². The van der Waals surface area contributed by atoms with E-state index in [-0.39, 0.29) is 5.60 Å². The van der Waals surface area contributed by atoms with Crippen LogP contribution in [-0.4, -0.2) is 12.1 Å². The molecule has 0 aromatic heterocycles. The van der Waals surface area contributed by atoms with E-state index >= 15 is 0 Å². The van der Waals surface area contributed by atoms with Crippen LogP contribution in [0.5, 0.6) is 5.75 Å². The van der Waals surface area contributed by atoms with Crippen LogP contribution in [0.3, 0.4) is 0 Å². The number of rotatable bonds is 5. The summed E-state index contributed by atoms with van der Waals surface area (Å²) >= 11 is 0. The van der Waals surface area contributed by atoms with Crippen LogP contribution in [0.15, 0.2) is 18.2 Å².